The molecule has 1 aromatic rings. The average Bonchev–Trinajstić information content (AvgIpc) is 2.60. The van der Waals surface area contributed by atoms with Crippen LogP contribution in [0.4, 0.5) is 0 Å². The lowest BCUT2D eigenvalue weighted by Gasteiger charge is -2.09. The van der Waals surface area contributed by atoms with Gasteiger partial charge >= 0.3 is 0 Å². The summed E-state index contributed by atoms with van der Waals surface area (Å²) in [4.78, 5) is 4.31. The maximum absolute atomic E-state index is 8.40. The lowest BCUT2D eigenvalue weighted by molar-refractivity contribution is 0.573. The lowest BCUT2D eigenvalue weighted by Crippen LogP contribution is -2.04. The molecule has 76 valence electrons. The van der Waals surface area contributed by atoms with Crippen molar-refractivity contribution in [3.05, 3.63) is 18.2 Å². The first-order valence-electron chi connectivity index (χ1n) is 5.13. The summed E-state index contributed by atoms with van der Waals surface area (Å²) in [7, 11) is 0. The van der Waals surface area contributed by atoms with E-state index in [1.54, 1.807) is 0 Å². The Hall–Kier alpha value is -1.30. The number of rotatable bonds is 5. The van der Waals surface area contributed by atoms with Crippen LogP contribution in [-0.2, 0) is 6.54 Å². The van der Waals surface area contributed by atoms with Gasteiger partial charge in [0.05, 0.1) is 6.07 Å². The third kappa shape index (κ3) is 2.88. The Kier molecular flexibility index (Phi) is 4.18. The van der Waals surface area contributed by atoms with Gasteiger partial charge in [-0.2, -0.15) is 5.26 Å². The molecule has 1 heterocycles. The molecule has 1 rings (SSSR count). The topological polar surface area (TPSA) is 41.6 Å². The molecule has 0 unspecified atom stereocenters. The summed E-state index contributed by atoms with van der Waals surface area (Å²) in [6.07, 6.45) is 6.56. The van der Waals surface area contributed by atoms with E-state index in [0.29, 0.717) is 12.3 Å². The molecule has 3 nitrogen and oxygen atoms in total. The Morgan fingerprint density at radius 3 is 2.93 bits per heavy atom. The summed E-state index contributed by atoms with van der Waals surface area (Å²) < 4.78 is 2.18. The van der Waals surface area contributed by atoms with Crippen molar-refractivity contribution >= 4 is 0 Å². The van der Waals surface area contributed by atoms with Crippen molar-refractivity contribution in [1.29, 1.82) is 5.26 Å². The van der Waals surface area contributed by atoms with Gasteiger partial charge in [0.2, 0.25) is 0 Å². The van der Waals surface area contributed by atoms with Crippen LogP contribution in [0.15, 0.2) is 12.4 Å². The van der Waals surface area contributed by atoms with E-state index in [4.69, 9.17) is 5.26 Å². The predicted molar refractivity (Wildman–Crippen MR) is 55.8 cm³/mol. The zero-order valence-electron chi connectivity index (χ0n) is 8.90. The quantitative estimate of drug-likeness (QED) is 0.671. The summed E-state index contributed by atoms with van der Waals surface area (Å²) >= 11 is 0. The minimum absolute atomic E-state index is 0.473. The van der Waals surface area contributed by atoms with Gasteiger partial charge in [-0.05, 0) is 12.8 Å². The molecule has 0 aliphatic rings. The molecule has 0 amide bonds. The van der Waals surface area contributed by atoms with Crippen LogP contribution in [0.5, 0.6) is 0 Å². The highest BCUT2D eigenvalue weighted by atomic mass is 15.1. The third-order valence-corrected chi connectivity index (χ3v) is 2.20. The van der Waals surface area contributed by atoms with Gasteiger partial charge in [-0.25, -0.2) is 4.98 Å². The second-order valence-electron chi connectivity index (χ2n) is 3.75. The fourth-order valence-corrected chi connectivity index (χ4v) is 1.50. The van der Waals surface area contributed by atoms with Crippen LogP contribution in [0.25, 0.3) is 0 Å². The van der Waals surface area contributed by atoms with Crippen LogP contribution in [0.1, 0.15) is 44.9 Å². The van der Waals surface area contributed by atoms with E-state index in [2.05, 4.69) is 29.5 Å². The van der Waals surface area contributed by atoms with Gasteiger partial charge in [-0.15, -0.1) is 0 Å². The van der Waals surface area contributed by atoms with E-state index in [0.717, 1.165) is 25.2 Å². The van der Waals surface area contributed by atoms with Gasteiger partial charge in [-0.3, -0.25) is 0 Å². The van der Waals surface area contributed by atoms with Gasteiger partial charge in [0, 0.05) is 31.3 Å². The van der Waals surface area contributed by atoms with Gasteiger partial charge in [-0.1, -0.05) is 13.8 Å². The van der Waals surface area contributed by atoms with E-state index in [1.807, 2.05) is 12.4 Å². The summed E-state index contributed by atoms with van der Waals surface area (Å²) in [6, 6.07) is 2.16. The number of hydrogen-bond donors (Lipinski definition) is 0. The fourth-order valence-electron chi connectivity index (χ4n) is 1.50. The number of aryl methyl sites for hydroxylation is 1. The SMILES string of the molecule is CC(C)c1nccn1CCCCC#N. The van der Waals surface area contributed by atoms with E-state index >= 15 is 0 Å². The highest BCUT2D eigenvalue weighted by molar-refractivity contribution is 4.97. The van der Waals surface area contributed by atoms with Crippen molar-refractivity contribution in [3.8, 4) is 6.07 Å². The molecule has 0 saturated heterocycles. The number of aromatic nitrogens is 2. The molecule has 0 aliphatic carbocycles. The molecule has 0 saturated carbocycles. The van der Waals surface area contributed by atoms with Crippen LogP contribution in [0.2, 0.25) is 0 Å². The van der Waals surface area contributed by atoms with Crippen molar-refractivity contribution in [1.82, 2.24) is 9.55 Å². The van der Waals surface area contributed by atoms with Crippen molar-refractivity contribution in [2.45, 2.75) is 45.6 Å². The minimum Gasteiger partial charge on any atom is -0.335 e. The molecule has 0 fully saturated rings. The van der Waals surface area contributed by atoms with Crippen molar-refractivity contribution in [2.75, 3.05) is 0 Å². The van der Waals surface area contributed by atoms with Crippen LogP contribution in [0.3, 0.4) is 0 Å². The maximum atomic E-state index is 8.40. The molecule has 0 radical (unpaired) electrons. The number of nitriles is 1. The van der Waals surface area contributed by atoms with E-state index in [-0.39, 0.29) is 0 Å². The first kappa shape index (κ1) is 10.8. The van der Waals surface area contributed by atoms with Gasteiger partial charge in [0.25, 0.3) is 0 Å². The Bertz CT molecular complexity index is 307. The van der Waals surface area contributed by atoms with Crippen molar-refractivity contribution in [3.63, 3.8) is 0 Å². The summed E-state index contributed by atoms with van der Waals surface area (Å²) in [5.41, 5.74) is 0. The van der Waals surface area contributed by atoms with Gasteiger partial charge in [0.1, 0.15) is 5.82 Å². The lowest BCUT2D eigenvalue weighted by atomic mass is 10.2. The Morgan fingerprint density at radius 1 is 1.50 bits per heavy atom. The number of hydrogen-bond acceptors (Lipinski definition) is 2. The van der Waals surface area contributed by atoms with Crippen LogP contribution in [0, 0.1) is 11.3 Å². The second-order valence-corrected chi connectivity index (χ2v) is 3.75. The monoisotopic (exact) mass is 191 g/mol. The third-order valence-electron chi connectivity index (χ3n) is 2.20. The molecule has 3 heteroatoms. The van der Waals surface area contributed by atoms with Crippen LogP contribution >= 0.6 is 0 Å². The van der Waals surface area contributed by atoms with Gasteiger partial charge < -0.3 is 4.57 Å². The van der Waals surface area contributed by atoms with Crippen molar-refractivity contribution < 1.29 is 0 Å². The Morgan fingerprint density at radius 2 is 2.29 bits per heavy atom. The molecule has 0 atom stereocenters. The molecule has 14 heavy (non-hydrogen) atoms. The molecule has 0 aliphatic heterocycles. The van der Waals surface area contributed by atoms with E-state index in [1.165, 1.54) is 0 Å². The number of imidazole rings is 1. The normalized spacial score (nSPS) is 10.4. The average molecular weight is 191 g/mol. The zero-order chi connectivity index (χ0) is 10.4. The Labute approximate surface area is 85.4 Å². The number of nitrogens with zero attached hydrogens (tertiary/aromatic N) is 3. The maximum Gasteiger partial charge on any atom is 0.111 e. The summed E-state index contributed by atoms with van der Waals surface area (Å²) in [5, 5.41) is 8.40. The molecule has 0 spiro atoms. The van der Waals surface area contributed by atoms with E-state index in [9.17, 15) is 0 Å². The fraction of sp³-hybridized carbons (Fsp3) is 0.636. The Balaban J connectivity index is 2.43. The highest BCUT2D eigenvalue weighted by Crippen LogP contribution is 2.12. The largest absolute Gasteiger partial charge is 0.335 e. The summed E-state index contributed by atoms with van der Waals surface area (Å²) in [6.45, 7) is 5.28. The minimum atomic E-state index is 0.473. The molecule has 1 aromatic heterocycles. The molecule has 0 N–H and O–H groups in total. The first-order valence-corrected chi connectivity index (χ1v) is 5.13. The standard InChI is InChI=1S/C11H17N3/c1-10(2)11-13-7-9-14(11)8-5-3-4-6-12/h7,9-10H,3-5,8H2,1-2H3. The number of unbranched alkanes of at least 4 members (excludes halogenated alkanes) is 2. The molecular weight excluding hydrogens is 174 g/mol. The zero-order valence-corrected chi connectivity index (χ0v) is 8.90. The first-order chi connectivity index (χ1) is 6.75. The molecular formula is C11H17N3. The molecule has 0 bridgehead atoms. The van der Waals surface area contributed by atoms with Crippen LogP contribution < -0.4 is 0 Å². The predicted octanol–water partition coefficient (Wildman–Crippen LogP) is 2.70. The highest BCUT2D eigenvalue weighted by Gasteiger charge is 2.05. The van der Waals surface area contributed by atoms with Gasteiger partial charge in [0.15, 0.2) is 0 Å². The van der Waals surface area contributed by atoms with E-state index < -0.39 is 0 Å². The summed E-state index contributed by atoms with van der Waals surface area (Å²) in [5.74, 6) is 1.61. The van der Waals surface area contributed by atoms with Crippen LogP contribution in [-0.4, -0.2) is 9.55 Å². The smallest absolute Gasteiger partial charge is 0.111 e. The van der Waals surface area contributed by atoms with Crippen molar-refractivity contribution in [2.24, 2.45) is 0 Å². The second kappa shape index (κ2) is 5.43. The molecule has 0 aromatic carbocycles.